The zero-order valence-corrected chi connectivity index (χ0v) is 21.9. The van der Waals surface area contributed by atoms with E-state index in [1.165, 1.54) is 11.8 Å². The number of carboxylic acid groups (broad SMARTS) is 1. The van der Waals surface area contributed by atoms with Gasteiger partial charge in [-0.2, -0.15) is 0 Å². The van der Waals surface area contributed by atoms with Gasteiger partial charge in [-0.25, -0.2) is 0 Å². The van der Waals surface area contributed by atoms with Crippen LogP contribution in [0, 0.1) is 0 Å². The fourth-order valence-corrected chi connectivity index (χ4v) is 5.18. The van der Waals surface area contributed by atoms with Crippen molar-refractivity contribution in [2.45, 2.75) is 51.4 Å². The van der Waals surface area contributed by atoms with E-state index in [2.05, 4.69) is 29.6 Å². The van der Waals surface area contributed by atoms with Crippen molar-refractivity contribution in [2.24, 2.45) is 0 Å². The zero-order valence-electron chi connectivity index (χ0n) is 20.3. The first-order valence-corrected chi connectivity index (χ1v) is 13.6. The summed E-state index contributed by atoms with van der Waals surface area (Å²) < 4.78 is 0.577. The molecule has 8 heteroatoms. The van der Waals surface area contributed by atoms with E-state index in [9.17, 15) is 14.4 Å². The van der Waals surface area contributed by atoms with Crippen LogP contribution in [0.15, 0.2) is 59.5 Å². The molecule has 1 heterocycles. The lowest BCUT2D eigenvalue weighted by Gasteiger charge is -2.14. The predicted octanol–water partition coefficient (Wildman–Crippen LogP) is 5.88. The van der Waals surface area contributed by atoms with Crippen molar-refractivity contribution in [1.82, 2.24) is 10.2 Å². The van der Waals surface area contributed by atoms with Crippen molar-refractivity contribution >= 4 is 52.2 Å². The number of carboxylic acids is 1. The number of hydrogen-bond acceptors (Lipinski definition) is 5. The Hall–Kier alpha value is -2.97. The van der Waals surface area contributed by atoms with Crippen LogP contribution >= 0.6 is 24.0 Å². The lowest BCUT2D eigenvalue weighted by atomic mass is 10.0. The molecule has 190 valence electrons. The topological polar surface area (TPSA) is 86.7 Å². The van der Waals surface area contributed by atoms with Crippen LogP contribution < -0.4 is 5.32 Å². The number of nitrogens with zero attached hydrogens (tertiary/aromatic N) is 1. The SMILES string of the molecule is O=C(O)CCCCCNC(=O)CCCCCN1C(=O)/C(=C/c2ccc(-c3ccccc3)cc2)SC1=S. The van der Waals surface area contributed by atoms with Crippen molar-refractivity contribution in [2.75, 3.05) is 13.1 Å². The Morgan fingerprint density at radius 2 is 1.56 bits per heavy atom. The van der Waals surface area contributed by atoms with E-state index in [0.717, 1.165) is 48.8 Å². The Morgan fingerprint density at radius 3 is 2.28 bits per heavy atom. The van der Waals surface area contributed by atoms with Gasteiger partial charge in [0.15, 0.2) is 0 Å². The number of carbonyl (C=O) groups is 3. The second-order valence-corrected chi connectivity index (χ2v) is 10.4. The van der Waals surface area contributed by atoms with E-state index in [1.807, 2.05) is 36.4 Å². The summed E-state index contributed by atoms with van der Waals surface area (Å²) in [6.07, 6.45) is 7.11. The minimum atomic E-state index is -0.782. The van der Waals surface area contributed by atoms with Gasteiger partial charge < -0.3 is 10.4 Å². The molecule has 2 N–H and O–H groups in total. The van der Waals surface area contributed by atoms with Crippen molar-refractivity contribution in [3.8, 4) is 11.1 Å². The first-order chi connectivity index (χ1) is 17.4. The van der Waals surface area contributed by atoms with Crippen molar-refractivity contribution < 1.29 is 19.5 Å². The Balaban J connectivity index is 1.35. The highest BCUT2D eigenvalue weighted by Gasteiger charge is 2.31. The number of hydrogen-bond donors (Lipinski definition) is 2. The molecular weight excluding hydrogens is 492 g/mol. The molecule has 0 spiro atoms. The molecule has 0 radical (unpaired) electrons. The molecular formula is C28H32N2O4S2. The van der Waals surface area contributed by atoms with Gasteiger partial charge >= 0.3 is 5.97 Å². The molecule has 1 saturated heterocycles. The average Bonchev–Trinajstić information content (AvgIpc) is 3.14. The molecule has 3 rings (SSSR count). The third-order valence-corrected chi connectivity index (χ3v) is 7.24. The highest BCUT2D eigenvalue weighted by molar-refractivity contribution is 8.26. The van der Waals surface area contributed by atoms with Crippen LogP contribution in [0.25, 0.3) is 17.2 Å². The molecule has 0 unspecified atom stereocenters. The number of carbonyl (C=O) groups excluding carboxylic acids is 2. The van der Waals surface area contributed by atoms with Crippen LogP contribution in [-0.2, 0) is 14.4 Å². The van der Waals surface area contributed by atoms with Crippen LogP contribution in [0.2, 0.25) is 0 Å². The van der Waals surface area contributed by atoms with Gasteiger partial charge in [-0.3, -0.25) is 19.3 Å². The normalized spacial score (nSPS) is 14.4. The third kappa shape index (κ3) is 8.91. The molecule has 0 aliphatic carbocycles. The number of thiocarbonyl (C=S) groups is 1. The predicted molar refractivity (Wildman–Crippen MR) is 149 cm³/mol. The van der Waals surface area contributed by atoms with Gasteiger partial charge in [0, 0.05) is 25.9 Å². The van der Waals surface area contributed by atoms with E-state index < -0.39 is 5.97 Å². The maximum atomic E-state index is 12.9. The lowest BCUT2D eigenvalue weighted by molar-refractivity contribution is -0.137. The highest BCUT2D eigenvalue weighted by Crippen LogP contribution is 2.33. The van der Waals surface area contributed by atoms with Gasteiger partial charge in [-0.1, -0.05) is 91.4 Å². The minimum absolute atomic E-state index is 0.0139. The molecule has 1 aliphatic heterocycles. The molecule has 2 aromatic rings. The van der Waals surface area contributed by atoms with Gasteiger partial charge in [-0.05, 0) is 48.4 Å². The smallest absolute Gasteiger partial charge is 0.303 e. The van der Waals surface area contributed by atoms with Crippen molar-refractivity contribution in [3.63, 3.8) is 0 Å². The molecule has 0 saturated carbocycles. The van der Waals surface area contributed by atoms with Gasteiger partial charge in [0.05, 0.1) is 4.91 Å². The molecule has 0 aromatic heterocycles. The van der Waals surface area contributed by atoms with Crippen LogP contribution in [0.5, 0.6) is 0 Å². The summed E-state index contributed by atoms with van der Waals surface area (Å²) in [6, 6.07) is 18.3. The zero-order chi connectivity index (χ0) is 25.8. The molecule has 0 atom stereocenters. The molecule has 6 nitrogen and oxygen atoms in total. The summed E-state index contributed by atoms with van der Waals surface area (Å²) in [5.74, 6) is -0.826. The van der Waals surface area contributed by atoms with E-state index in [4.69, 9.17) is 17.3 Å². The summed E-state index contributed by atoms with van der Waals surface area (Å²) in [5, 5.41) is 11.5. The van der Waals surface area contributed by atoms with Crippen LogP contribution in [-0.4, -0.2) is 45.2 Å². The van der Waals surface area contributed by atoms with Crippen LogP contribution in [0.1, 0.15) is 56.9 Å². The largest absolute Gasteiger partial charge is 0.481 e. The Morgan fingerprint density at radius 1 is 0.889 bits per heavy atom. The van der Waals surface area contributed by atoms with Gasteiger partial charge in [0.1, 0.15) is 4.32 Å². The summed E-state index contributed by atoms with van der Waals surface area (Å²) in [4.78, 5) is 37.5. The Bertz CT molecular complexity index is 1080. The van der Waals surface area contributed by atoms with E-state index in [0.29, 0.717) is 35.2 Å². The monoisotopic (exact) mass is 524 g/mol. The quantitative estimate of drug-likeness (QED) is 0.182. The van der Waals surface area contributed by atoms with E-state index in [1.54, 1.807) is 4.90 Å². The van der Waals surface area contributed by atoms with Gasteiger partial charge in [0.25, 0.3) is 5.91 Å². The van der Waals surface area contributed by atoms with E-state index >= 15 is 0 Å². The number of benzene rings is 2. The number of aliphatic carboxylic acids is 1. The fourth-order valence-electron chi connectivity index (χ4n) is 3.87. The average molecular weight is 525 g/mol. The standard InChI is InChI=1S/C28H32N2O4S2/c31-25(29-18-8-2-7-13-26(32)33)12-6-3-9-19-30-27(34)24(36-28(30)35)20-21-14-16-23(17-15-21)22-10-4-1-5-11-22/h1,4-5,10-11,14-17,20H,2-3,6-9,12-13,18-19H2,(H,29,31)(H,32,33)/b24-20-. The first kappa shape index (κ1) is 27.6. The number of unbranched alkanes of at least 4 members (excludes halogenated alkanes) is 4. The third-order valence-electron chi connectivity index (χ3n) is 5.86. The summed E-state index contributed by atoms with van der Waals surface area (Å²) in [7, 11) is 0. The number of thioether (sulfide) groups is 1. The maximum Gasteiger partial charge on any atom is 0.303 e. The molecule has 1 aliphatic rings. The number of nitrogens with one attached hydrogen (secondary N) is 1. The van der Waals surface area contributed by atoms with Crippen LogP contribution in [0.4, 0.5) is 0 Å². The van der Waals surface area contributed by atoms with Crippen molar-refractivity contribution in [1.29, 1.82) is 0 Å². The number of amides is 2. The van der Waals surface area contributed by atoms with Crippen LogP contribution in [0.3, 0.4) is 0 Å². The van der Waals surface area contributed by atoms with Crippen molar-refractivity contribution in [3.05, 3.63) is 65.1 Å². The summed E-state index contributed by atoms with van der Waals surface area (Å²) in [5.41, 5.74) is 3.24. The Kier molecular flexibility index (Phi) is 11.2. The summed E-state index contributed by atoms with van der Waals surface area (Å²) in [6.45, 7) is 1.14. The number of rotatable bonds is 14. The minimum Gasteiger partial charge on any atom is -0.481 e. The highest BCUT2D eigenvalue weighted by atomic mass is 32.2. The molecule has 1 fully saturated rings. The van der Waals surface area contributed by atoms with E-state index in [-0.39, 0.29) is 18.2 Å². The maximum absolute atomic E-state index is 12.9. The molecule has 36 heavy (non-hydrogen) atoms. The molecule has 0 bridgehead atoms. The molecule has 2 aromatic carbocycles. The molecule has 2 amide bonds. The second-order valence-electron chi connectivity index (χ2n) is 8.69. The first-order valence-electron chi connectivity index (χ1n) is 12.3. The van der Waals surface area contributed by atoms with Gasteiger partial charge in [0.2, 0.25) is 5.91 Å². The second kappa shape index (κ2) is 14.6. The Labute approximate surface area is 222 Å². The summed E-state index contributed by atoms with van der Waals surface area (Å²) >= 11 is 6.77. The fraction of sp³-hybridized carbons (Fsp3) is 0.357. The van der Waals surface area contributed by atoms with Gasteiger partial charge in [-0.15, -0.1) is 0 Å². The lowest BCUT2D eigenvalue weighted by Crippen LogP contribution is -2.29.